The second kappa shape index (κ2) is 4.37. The third-order valence-electron chi connectivity index (χ3n) is 1.59. The summed E-state index contributed by atoms with van der Waals surface area (Å²) in [5.74, 6) is -0.294. The molecule has 1 aromatic heterocycles. The van der Waals surface area contributed by atoms with Crippen molar-refractivity contribution in [1.29, 1.82) is 0 Å². The molecule has 1 aromatic rings. The molecule has 0 bridgehead atoms. The molecule has 1 amide bonds. The lowest BCUT2D eigenvalue weighted by molar-refractivity contribution is -0.601. The number of isothiocyanates is 1. The predicted octanol–water partition coefficient (Wildman–Crippen LogP) is 1.38. The lowest BCUT2D eigenvalue weighted by Gasteiger charge is -1.86. The Kier molecular flexibility index (Phi) is 3.42. The van der Waals surface area contributed by atoms with Gasteiger partial charge in [0.15, 0.2) is 18.1 Å². The molecule has 0 atom stereocenters. The summed E-state index contributed by atoms with van der Waals surface area (Å²) >= 11 is 5.75. The smallest absolute Gasteiger partial charge is 0.265 e. The maximum Gasteiger partial charge on any atom is 0.302 e. The summed E-state index contributed by atoms with van der Waals surface area (Å²) in [4.78, 5) is 15.4. The zero-order valence-electron chi connectivity index (χ0n) is 7.40. The Bertz CT molecular complexity index is 377. The van der Waals surface area contributed by atoms with Crippen molar-refractivity contribution in [3.05, 3.63) is 16.6 Å². The number of carbonyl (C=O) groups is 1. The molecule has 0 fully saturated rings. The van der Waals surface area contributed by atoms with Gasteiger partial charge >= 0.3 is 5.91 Å². The Morgan fingerprint density at radius 2 is 2.54 bits per heavy atom. The van der Waals surface area contributed by atoms with E-state index in [4.69, 9.17) is 0 Å². The van der Waals surface area contributed by atoms with E-state index in [2.05, 4.69) is 22.4 Å². The summed E-state index contributed by atoms with van der Waals surface area (Å²) in [5, 5.41) is 2.08. The minimum Gasteiger partial charge on any atom is -0.265 e. The molecule has 0 saturated carbocycles. The summed E-state index contributed by atoms with van der Waals surface area (Å²) in [5.41, 5.74) is 1.01. The Balaban J connectivity index is 3.12. The van der Waals surface area contributed by atoms with Crippen LogP contribution in [0.1, 0.15) is 22.2 Å². The fourth-order valence-corrected chi connectivity index (χ4v) is 2.02. The van der Waals surface area contributed by atoms with Gasteiger partial charge in [-0.3, -0.25) is 4.79 Å². The summed E-state index contributed by atoms with van der Waals surface area (Å²) < 4.78 is 1.88. The number of hydrogen-bond acceptors (Lipinski definition) is 3. The van der Waals surface area contributed by atoms with Gasteiger partial charge in [0, 0.05) is 5.56 Å². The Morgan fingerprint density at radius 3 is 3.08 bits per heavy atom. The molecule has 0 spiro atoms. The van der Waals surface area contributed by atoms with Crippen molar-refractivity contribution in [2.24, 2.45) is 12.0 Å². The van der Waals surface area contributed by atoms with Gasteiger partial charge in [-0.05, 0) is 18.6 Å². The summed E-state index contributed by atoms with van der Waals surface area (Å²) in [6.45, 7) is 2.00. The summed E-state index contributed by atoms with van der Waals surface area (Å²) in [7, 11) is 1.89. The lowest BCUT2D eigenvalue weighted by Crippen LogP contribution is -2.19. The molecule has 0 aliphatic rings. The van der Waals surface area contributed by atoms with Crippen LogP contribution in [0.2, 0.25) is 0 Å². The Hall–Kier alpha value is -0.900. The standard InChI is InChI=1S/C8H9N2OS2/c1-3-6-4-10(2)13-7(6)8(11)9-5-12/h4H,3H2,1-2H3/q+1. The molecule has 1 heterocycles. The predicted molar refractivity (Wildman–Crippen MR) is 54.2 cm³/mol. The van der Waals surface area contributed by atoms with Crippen LogP contribution in [0, 0.1) is 0 Å². The Morgan fingerprint density at radius 1 is 1.85 bits per heavy atom. The van der Waals surface area contributed by atoms with E-state index in [1.54, 1.807) is 0 Å². The first-order chi connectivity index (χ1) is 6.19. The van der Waals surface area contributed by atoms with Gasteiger partial charge in [-0.2, -0.15) is 4.99 Å². The third-order valence-corrected chi connectivity index (χ3v) is 2.69. The first-order valence-electron chi connectivity index (χ1n) is 3.80. The molecular weight excluding hydrogens is 204 g/mol. The number of nitrogens with zero attached hydrogens (tertiary/aromatic N) is 2. The maximum atomic E-state index is 11.3. The van der Waals surface area contributed by atoms with Crippen molar-refractivity contribution in [2.75, 3.05) is 0 Å². The quantitative estimate of drug-likeness (QED) is 0.422. The first kappa shape index (κ1) is 10.2. The van der Waals surface area contributed by atoms with E-state index in [1.807, 2.05) is 24.1 Å². The number of aromatic nitrogens is 1. The normalized spacial score (nSPS) is 9.38. The third kappa shape index (κ3) is 2.28. The van der Waals surface area contributed by atoms with Crippen LogP contribution in [0.25, 0.3) is 0 Å². The number of thiocarbonyl (C=S) groups is 1. The van der Waals surface area contributed by atoms with E-state index in [0.717, 1.165) is 12.0 Å². The molecule has 3 nitrogen and oxygen atoms in total. The highest BCUT2D eigenvalue weighted by Gasteiger charge is 2.18. The van der Waals surface area contributed by atoms with Crippen molar-refractivity contribution in [2.45, 2.75) is 13.3 Å². The van der Waals surface area contributed by atoms with E-state index in [0.29, 0.717) is 4.88 Å². The molecule has 0 saturated heterocycles. The second-order valence-corrected chi connectivity index (χ2v) is 3.83. The van der Waals surface area contributed by atoms with Crippen LogP contribution in [0.4, 0.5) is 0 Å². The summed E-state index contributed by atoms with van der Waals surface area (Å²) in [6, 6.07) is 0. The minimum absolute atomic E-state index is 0.294. The van der Waals surface area contributed by atoms with E-state index in [1.165, 1.54) is 11.5 Å². The maximum absolute atomic E-state index is 11.3. The minimum atomic E-state index is -0.294. The molecule has 68 valence electrons. The van der Waals surface area contributed by atoms with Gasteiger partial charge < -0.3 is 0 Å². The fourth-order valence-electron chi connectivity index (χ4n) is 1.03. The van der Waals surface area contributed by atoms with Crippen LogP contribution in [-0.2, 0) is 13.5 Å². The number of aryl methyl sites for hydroxylation is 2. The molecule has 5 heteroatoms. The van der Waals surface area contributed by atoms with Crippen molar-refractivity contribution in [3.63, 3.8) is 0 Å². The number of hydrogen-bond donors (Lipinski definition) is 0. The molecule has 1 rings (SSSR count). The first-order valence-corrected chi connectivity index (χ1v) is 4.98. The van der Waals surface area contributed by atoms with Crippen LogP contribution >= 0.6 is 23.8 Å². The zero-order chi connectivity index (χ0) is 9.84. The van der Waals surface area contributed by atoms with Crippen LogP contribution in [0.5, 0.6) is 0 Å². The molecule has 0 unspecified atom stereocenters. The fraction of sp³-hybridized carbons (Fsp3) is 0.375. The van der Waals surface area contributed by atoms with Gasteiger partial charge in [0.05, 0.1) is 5.16 Å². The van der Waals surface area contributed by atoms with Crippen molar-refractivity contribution < 1.29 is 8.75 Å². The van der Waals surface area contributed by atoms with Crippen molar-refractivity contribution >= 4 is 34.8 Å². The van der Waals surface area contributed by atoms with Crippen molar-refractivity contribution in [1.82, 2.24) is 0 Å². The van der Waals surface area contributed by atoms with E-state index >= 15 is 0 Å². The highest BCUT2D eigenvalue weighted by molar-refractivity contribution is 7.78. The monoisotopic (exact) mass is 213 g/mol. The van der Waals surface area contributed by atoms with Gasteiger partial charge in [-0.15, -0.1) is 3.96 Å². The average molecular weight is 213 g/mol. The highest BCUT2D eigenvalue weighted by Crippen LogP contribution is 2.13. The number of aliphatic imine (C=N–C) groups is 1. The highest BCUT2D eigenvalue weighted by atomic mass is 32.1. The Labute approximate surface area is 85.9 Å². The average Bonchev–Trinajstić information content (AvgIpc) is 2.47. The van der Waals surface area contributed by atoms with E-state index in [-0.39, 0.29) is 5.91 Å². The molecule has 0 aliphatic heterocycles. The number of rotatable bonds is 2. The van der Waals surface area contributed by atoms with Crippen LogP contribution in [0.3, 0.4) is 0 Å². The second-order valence-electron chi connectivity index (χ2n) is 2.48. The van der Waals surface area contributed by atoms with E-state index in [9.17, 15) is 4.79 Å². The topological polar surface area (TPSA) is 33.3 Å². The lowest BCUT2D eigenvalue weighted by atomic mass is 10.2. The summed E-state index contributed by atoms with van der Waals surface area (Å²) in [6.07, 6.45) is 2.75. The van der Waals surface area contributed by atoms with Crippen LogP contribution < -0.4 is 3.96 Å². The molecule has 0 N–H and O–H groups in total. The number of amides is 1. The molecular formula is C8H9N2OS2+. The van der Waals surface area contributed by atoms with Gasteiger partial charge in [0.1, 0.15) is 11.5 Å². The van der Waals surface area contributed by atoms with Gasteiger partial charge in [0.2, 0.25) is 0 Å². The van der Waals surface area contributed by atoms with Crippen molar-refractivity contribution in [3.8, 4) is 0 Å². The van der Waals surface area contributed by atoms with Gasteiger partial charge in [0.25, 0.3) is 0 Å². The van der Waals surface area contributed by atoms with Crippen LogP contribution in [0.15, 0.2) is 11.2 Å². The van der Waals surface area contributed by atoms with E-state index < -0.39 is 0 Å². The van der Waals surface area contributed by atoms with Crippen LogP contribution in [-0.4, -0.2) is 11.1 Å². The van der Waals surface area contributed by atoms with Gasteiger partial charge in [-0.1, -0.05) is 6.92 Å². The number of carbonyl (C=O) groups excluding carboxylic acids is 1. The molecule has 0 aliphatic carbocycles. The largest absolute Gasteiger partial charge is 0.302 e. The molecule has 13 heavy (non-hydrogen) atoms. The zero-order valence-corrected chi connectivity index (χ0v) is 9.04. The molecule has 0 aromatic carbocycles. The molecule has 0 radical (unpaired) electrons. The van der Waals surface area contributed by atoms with Gasteiger partial charge in [-0.25, -0.2) is 0 Å². The SMILES string of the molecule is CCc1c[n+](C)sc1C(=O)N=C=S.